The summed E-state index contributed by atoms with van der Waals surface area (Å²) in [7, 11) is 0. The van der Waals surface area contributed by atoms with Gasteiger partial charge >= 0.3 is 0 Å². The molecule has 0 radical (unpaired) electrons. The van der Waals surface area contributed by atoms with E-state index < -0.39 is 0 Å². The molecule has 0 aliphatic carbocycles. The molecule has 0 amide bonds. The molecule has 0 saturated heterocycles. The van der Waals surface area contributed by atoms with Crippen molar-refractivity contribution in [2.75, 3.05) is 0 Å². The SMILES string of the molecule is CC(Br)C(=O)c1cccc(CBr)c1O. The lowest BCUT2D eigenvalue weighted by Gasteiger charge is -2.08. The highest BCUT2D eigenvalue weighted by molar-refractivity contribution is 9.10. The lowest BCUT2D eigenvalue weighted by molar-refractivity contribution is 0.0993. The van der Waals surface area contributed by atoms with Crippen LogP contribution < -0.4 is 0 Å². The van der Waals surface area contributed by atoms with Gasteiger partial charge in [0.15, 0.2) is 5.78 Å². The van der Waals surface area contributed by atoms with Crippen LogP contribution in [0.4, 0.5) is 0 Å². The number of carbonyl (C=O) groups excluding carboxylic acids is 1. The summed E-state index contributed by atoms with van der Waals surface area (Å²) in [6, 6.07) is 5.17. The third-order valence-corrected chi connectivity index (χ3v) is 2.91. The maximum atomic E-state index is 11.6. The number of carbonyl (C=O) groups is 1. The summed E-state index contributed by atoms with van der Waals surface area (Å²) in [5.41, 5.74) is 1.09. The second-order valence-corrected chi connectivity index (χ2v) is 4.86. The van der Waals surface area contributed by atoms with Crippen LogP contribution in [0.2, 0.25) is 0 Å². The third kappa shape index (κ3) is 2.36. The van der Waals surface area contributed by atoms with E-state index in [9.17, 15) is 9.90 Å². The van der Waals surface area contributed by atoms with Crippen LogP contribution in [-0.4, -0.2) is 15.7 Å². The minimum Gasteiger partial charge on any atom is -0.507 e. The van der Waals surface area contributed by atoms with E-state index in [2.05, 4.69) is 31.9 Å². The molecule has 1 N–H and O–H groups in total. The van der Waals surface area contributed by atoms with Gasteiger partial charge in [0.05, 0.1) is 10.4 Å². The second-order valence-electron chi connectivity index (χ2n) is 2.93. The van der Waals surface area contributed by atoms with Crippen LogP contribution in [0.15, 0.2) is 18.2 Å². The van der Waals surface area contributed by atoms with Crippen LogP contribution in [-0.2, 0) is 5.33 Å². The molecule has 0 fully saturated rings. The molecular formula is C10H10Br2O2. The lowest BCUT2D eigenvalue weighted by atomic mass is 10.0. The van der Waals surface area contributed by atoms with Crippen LogP contribution in [0, 0.1) is 0 Å². The van der Waals surface area contributed by atoms with Crippen LogP contribution in [0.5, 0.6) is 5.75 Å². The van der Waals surface area contributed by atoms with Crippen LogP contribution in [0.1, 0.15) is 22.8 Å². The van der Waals surface area contributed by atoms with Gasteiger partial charge in [0.2, 0.25) is 0 Å². The minimum atomic E-state index is -0.279. The van der Waals surface area contributed by atoms with Crippen molar-refractivity contribution < 1.29 is 9.90 Å². The van der Waals surface area contributed by atoms with Gasteiger partial charge in [-0.25, -0.2) is 0 Å². The molecule has 0 spiro atoms. The van der Waals surface area contributed by atoms with E-state index in [-0.39, 0.29) is 16.4 Å². The monoisotopic (exact) mass is 320 g/mol. The average molecular weight is 322 g/mol. The Labute approximate surface area is 99.6 Å². The summed E-state index contributed by atoms with van der Waals surface area (Å²) in [5.74, 6) is -0.0361. The fraction of sp³-hybridized carbons (Fsp3) is 0.300. The fourth-order valence-corrected chi connectivity index (χ4v) is 1.81. The smallest absolute Gasteiger partial charge is 0.179 e. The van der Waals surface area contributed by atoms with E-state index in [4.69, 9.17) is 0 Å². The van der Waals surface area contributed by atoms with E-state index in [1.54, 1.807) is 25.1 Å². The first-order valence-electron chi connectivity index (χ1n) is 4.13. The molecule has 0 bridgehead atoms. The quantitative estimate of drug-likeness (QED) is 0.685. The number of halogens is 2. The number of Topliss-reactive ketones (excluding diaryl/α,β-unsaturated/α-hetero) is 1. The van der Waals surface area contributed by atoms with Gasteiger partial charge in [-0.3, -0.25) is 4.79 Å². The number of para-hydroxylation sites is 1. The van der Waals surface area contributed by atoms with Gasteiger partial charge in [-0.15, -0.1) is 0 Å². The van der Waals surface area contributed by atoms with Gasteiger partial charge in [-0.05, 0) is 13.0 Å². The van der Waals surface area contributed by atoms with Crippen molar-refractivity contribution in [1.82, 2.24) is 0 Å². The lowest BCUT2D eigenvalue weighted by Crippen LogP contribution is -2.10. The van der Waals surface area contributed by atoms with E-state index in [0.717, 1.165) is 5.56 Å². The standard InChI is InChI=1S/C10H10Br2O2/c1-6(12)9(13)8-4-2-3-7(5-11)10(8)14/h2-4,6,14H,5H2,1H3. The fourth-order valence-electron chi connectivity index (χ4n) is 1.11. The molecule has 4 heteroatoms. The Bertz CT molecular complexity index is 348. The summed E-state index contributed by atoms with van der Waals surface area (Å²) in [6.07, 6.45) is 0. The first kappa shape index (κ1) is 11.7. The summed E-state index contributed by atoms with van der Waals surface area (Å²) in [4.78, 5) is 11.3. The number of phenolic OH excluding ortho intramolecular Hbond substituents is 1. The normalized spacial score (nSPS) is 12.5. The molecule has 0 aliphatic heterocycles. The third-order valence-electron chi connectivity index (χ3n) is 1.89. The summed E-state index contributed by atoms with van der Waals surface area (Å²) >= 11 is 6.43. The van der Waals surface area contributed by atoms with Crippen LogP contribution in [0.3, 0.4) is 0 Å². The molecule has 1 rings (SSSR count). The number of hydrogen-bond acceptors (Lipinski definition) is 2. The van der Waals surface area contributed by atoms with Gasteiger partial charge < -0.3 is 5.11 Å². The summed E-state index contributed by atoms with van der Waals surface area (Å²) < 4.78 is 0. The van der Waals surface area contributed by atoms with Crippen LogP contribution in [0.25, 0.3) is 0 Å². The Balaban J connectivity index is 3.16. The van der Waals surface area contributed by atoms with E-state index >= 15 is 0 Å². The Morgan fingerprint density at radius 3 is 2.71 bits per heavy atom. The summed E-state index contributed by atoms with van der Waals surface area (Å²) in [6.45, 7) is 1.74. The number of alkyl halides is 2. The molecule has 1 atom stereocenters. The highest BCUT2D eigenvalue weighted by Gasteiger charge is 2.17. The molecule has 0 aromatic heterocycles. The topological polar surface area (TPSA) is 37.3 Å². The minimum absolute atomic E-state index is 0.0701. The van der Waals surface area contributed by atoms with E-state index in [1.807, 2.05) is 0 Å². The highest BCUT2D eigenvalue weighted by Crippen LogP contribution is 2.26. The predicted molar refractivity (Wildman–Crippen MR) is 63.5 cm³/mol. The molecule has 14 heavy (non-hydrogen) atoms. The first-order chi connectivity index (χ1) is 6.57. The van der Waals surface area contributed by atoms with Crippen LogP contribution >= 0.6 is 31.9 Å². The number of ketones is 1. The second kappa shape index (κ2) is 4.94. The Hall–Kier alpha value is -0.350. The van der Waals surface area contributed by atoms with Gasteiger partial charge in [0.1, 0.15) is 5.75 Å². The first-order valence-corrected chi connectivity index (χ1v) is 6.16. The predicted octanol–water partition coefficient (Wildman–Crippen LogP) is 3.25. The Kier molecular flexibility index (Phi) is 4.13. The van der Waals surface area contributed by atoms with Gasteiger partial charge in [-0.2, -0.15) is 0 Å². The van der Waals surface area contributed by atoms with Crippen molar-refractivity contribution in [3.8, 4) is 5.75 Å². The maximum Gasteiger partial charge on any atom is 0.179 e. The zero-order chi connectivity index (χ0) is 10.7. The zero-order valence-corrected chi connectivity index (χ0v) is 10.8. The van der Waals surface area contributed by atoms with E-state index in [1.165, 1.54) is 0 Å². The summed E-state index contributed by atoms with van der Waals surface area (Å²) in [5, 5.41) is 10.3. The van der Waals surface area contributed by atoms with Gasteiger partial charge in [0.25, 0.3) is 0 Å². The molecule has 0 saturated carbocycles. The molecule has 76 valence electrons. The number of aromatic hydroxyl groups is 1. The van der Waals surface area contributed by atoms with Crippen molar-refractivity contribution in [2.24, 2.45) is 0 Å². The van der Waals surface area contributed by atoms with Crippen molar-refractivity contribution in [3.05, 3.63) is 29.3 Å². The number of phenols is 1. The number of hydrogen-bond donors (Lipinski definition) is 1. The van der Waals surface area contributed by atoms with Gasteiger partial charge in [0, 0.05) is 10.9 Å². The molecule has 0 aliphatic rings. The maximum absolute atomic E-state index is 11.6. The Morgan fingerprint density at radius 2 is 2.21 bits per heavy atom. The highest BCUT2D eigenvalue weighted by atomic mass is 79.9. The average Bonchev–Trinajstić information content (AvgIpc) is 2.17. The Morgan fingerprint density at radius 1 is 1.57 bits per heavy atom. The van der Waals surface area contributed by atoms with Crippen molar-refractivity contribution in [3.63, 3.8) is 0 Å². The molecular weight excluding hydrogens is 312 g/mol. The number of rotatable bonds is 3. The van der Waals surface area contributed by atoms with Crippen molar-refractivity contribution >= 4 is 37.6 Å². The van der Waals surface area contributed by atoms with E-state index in [0.29, 0.717) is 10.9 Å². The molecule has 1 aromatic rings. The van der Waals surface area contributed by atoms with Crippen molar-refractivity contribution in [1.29, 1.82) is 0 Å². The molecule has 0 heterocycles. The number of benzene rings is 1. The molecule has 1 aromatic carbocycles. The zero-order valence-electron chi connectivity index (χ0n) is 7.63. The molecule has 1 unspecified atom stereocenters. The molecule has 2 nitrogen and oxygen atoms in total. The van der Waals surface area contributed by atoms with Crippen molar-refractivity contribution in [2.45, 2.75) is 17.1 Å². The largest absolute Gasteiger partial charge is 0.507 e. The van der Waals surface area contributed by atoms with Gasteiger partial charge in [-0.1, -0.05) is 44.0 Å².